The van der Waals surface area contributed by atoms with Crippen LogP contribution in [0.5, 0.6) is 11.5 Å². The summed E-state index contributed by atoms with van der Waals surface area (Å²) in [5.41, 5.74) is 5.75. The number of nitrogens with two attached hydrogens (primary N) is 1. The second-order valence-electron chi connectivity index (χ2n) is 3.59. The Balaban J connectivity index is 2.26. The average Bonchev–Trinajstić information content (AvgIpc) is 2.61. The van der Waals surface area contributed by atoms with Crippen molar-refractivity contribution in [2.24, 2.45) is 10.7 Å². The van der Waals surface area contributed by atoms with Crippen LogP contribution >= 0.6 is 0 Å². The second-order valence-corrected chi connectivity index (χ2v) is 3.59. The molecule has 1 aromatic carbocycles. The number of aromatic hydroxyl groups is 1. The number of alkyl halides is 2. The molecule has 0 saturated carbocycles. The first-order valence-electron chi connectivity index (χ1n) is 5.11. The maximum Gasteiger partial charge on any atom is 0.387 e. The van der Waals surface area contributed by atoms with Crippen molar-refractivity contribution in [3.63, 3.8) is 0 Å². The van der Waals surface area contributed by atoms with Gasteiger partial charge in [-0.15, -0.1) is 0 Å². The number of nitrogens with zero attached hydrogens (tertiary/aromatic N) is 1. The third-order valence-corrected chi connectivity index (χ3v) is 2.22. The first-order chi connectivity index (χ1) is 8.95. The fraction of sp³-hybridized carbons (Fsp3) is 0.0909. The van der Waals surface area contributed by atoms with Crippen molar-refractivity contribution in [3.05, 3.63) is 29.5 Å². The number of hydrogen-bond acceptors (Lipinski definition) is 5. The van der Waals surface area contributed by atoms with E-state index in [1.54, 1.807) is 0 Å². The lowest BCUT2D eigenvalue weighted by Crippen LogP contribution is -2.30. The van der Waals surface area contributed by atoms with Gasteiger partial charge in [0.1, 0.15) is 5.70 Å². The molecule has 0 unspecified atom stereocenters. The summed E-state index contributed by atoms with van der Waals surface area (Å²) >= 11 is 0. The number of rotatable bonds is 3. The summed E-state index contributed by atoms with van der Waals surface area (Å²) in [6, 6.07) is 3.72. The number of phenols is 1. The molecule has 1 heterocycles. The van der Waals surface area contributed by atoms with E-state index in [2.05, 4.69) is 15.0 Å². The average molecular weight is 269 g/mol. The Morgan fingerprint density at radius 1 is 1.47 bits per heavy atom. The maximum atomic E-state index is 12.0. The third kappa shape index (κ3) is 2.97. The van der Waals surface area contributed by atoms with Gasteiger partial charge in [0, 0.05) is 0 Å². The summed E-state index contributed by atoms with van der Waals surface area (Å²) in [5.74, 6) is -1.33. The first-order valence-corrected chi connectivity index (χ1v) is 5.11. The summed E-state index contributed by atoms with van der Waals surface area (Å²) in [4.78, 5) is 15.1. The Kier molecular flexibility index (Phi) is 3.32. The summed E-state index contributed by atoms with van der Waals surface area (Å²) in [5, 5.41) is 11.8. The van der Waals surface area contributed by atoms with Gasteiger partial charge in [-0.3, -0.25) is 10.1 Å². The molecule has 0 bridgehead atoms. The van der Waals surface area contributed by atoms with Gasteiger partial charge in [-0.25, -0.2) is 4.99 Å². The fourth-order valence-corrected chi connectivity index (χ4v) is 1.46. The zero-order valence-corrected chi connectivity index (χ0v) is 9.43. The van der Waals surface area contributed by atoms with Crippen molar-refractivity contribution >= 4 is 17.9 Å². The molecule has 6 nitrogen and oxygen atoms in total. The van der Waals surface area contributed by atoms with Crippen LogP contribution < -0.4 is 15.8 Å². The molecule has 0 fully saturated rings. The van der Waals surface area contributed by atoms with Crippen LogP contribution in [0.2, 0.25) is 0 Å². The molecule has 2 rings (SSSR count). The van der Waals surface area contributed by atoms with Crippen LogP contribution in [0.4, 0.5) is 8.78 Å². The van der Waals surface area contributed by atoms with Gasteiger partial charge in [-0.2, -0.15) is 8.78 Å². The lowest BCUT2D eigenvalue weighted by molar-refractivity contribution is -0.115. The highest BCUT2D eigenvalue weighted by atomic mass is 19.3. The third-order valence-electron chi connectivity index (χ3n) is 2.22. The van der Waals surface area contributed by atoms with Crippen molar-refractivity contribution in [1.82, 2.24) is 5.32 Å². The van der Waals surface area contributed by atoms with Gasteiger partial charge < -0.3 is 15.6 Å². The largest absolute Gasteiger partial charge is 0.504 e. The number of hydrogen-bond donors (Lipinski definition) is 3. The maximum absolute atomic E-state index is 12.0. The molecule has 19 heavy (non-hydrogen) atoms. The molecule has 1 aromatic rings. The Bertz CT molecular complexity index is 585. The van der Waals surface area contributed by atoms with E-state index in [1.165, 1.54) is 18.2 Å². The molecule has 0 radical (unpaired) electrons. The summed E-state index contributed by atoms with van der Waals surface area (Å²) in [6.45, 7) is -3.03. The van der Waals surface area contributed by atoms with E-state index in [1.807, 2.05) is 0 Å². The monoisotopic (exact) mass is 269 g/mol. The van der Waals surface area contributed by atoms with Gasteiger partial charge in [0.05, 0.1) is 0 Å². The molecular formula is C11H9F2N3O3. The molecule has 0 aliphatic carbocycles. The van der Waals surface area contributed by atoms with E-state index in [9.17, 15) is 18.7 Å². The molecule has 4 N–H and O–H groups in total. The van der Waals surface area contributed by atoms with E-state index in [0.29, 0.717) is 5.56 Å². The number of amides is 1. The van der Waals surface area contributed by atoms with Gasteiger partial charge in [-0.1, -0.05) is 6.07 Å². The van der Waals surface area contributed by atoms with Gasteiger partial charge in [-0.05, 0) is 23.8 Å². The number of phenolic OH excluding ortho intramolecular Hbond substituents is 1. The normalized spacial score (nSPS) is 16.7. The first kappa shape index (κ1) is 12.8. The number of ether oxygens (including phenoxy) is 1. The van der Waals surface area contributed by atoms with Crippen LogP contribution in [0.25, 0.3) is 6.08 Å². The van der Waals surface area contributed by atoms with Crippen molar-refractivity contribution in [1.29, 1.82) is 0 Å². The number of carbonyl (C=O) groups is 1. The minimum atomic E-state index is -3.03. The van der Waals surface area contributed by atoms with Crippen molar-refractivity contribution in [2.45, 2.75) is 6.61 Å². The van der Waals surface area contributed by atoms with E-state index < -0.39 is 18.3 Å². The fourth-order valence-electron chi connectivity index (χ4n) is 1.46. The van der Waals surface area contributed by atoms with Crippen LogP contribution in [0.3, 0.4) is 0 Å². The Labute approximate surface area is 106 Å². The van der Waals surface area contributed by atoms with E-state index in [4.69, 9.17) is 5.73 Å². The predicted octanol–water partition coefficient (Wildman–Crippen LogP) is 0.779. The number of aliphatic imine (C=N–C) groups is 1. The quantitative estimate of drug-likeness (QED) is 0.706. The minimum absolute atomic E-state index is 0.0295. The van der Waals surface area contributed by atoms with Crippen LogP contribution in [0.1, 0.15) is 5.56 Å². The second kappa shape index (κ2) is 4.92. The van der Waals surface area contributed by atoms with Gasteiger partial charge in [0.2, 0.25) is 5.96 Å². The summed E-state index contributed by atoms with van der Waals surface area (Å²) in [6.07, 6.45) is 1.35. The van der Waals surface area contributed by atoms with Crippen molar-refractivity contribution < 1.29 is 23.4 Å². The molecule has 0 saturated heterocycles. The SMILES string of the molecule is NC1=N/C(=C\c2ccc(OC(F)F)c(O)c2)C(=O)N1. The smallest absolute Gasteiger partial charge is 0.387 e. The van der Waals surface area contributed by atoms with E-state index in [-0.39, 0.29) is 17.4 Å². The van der Waals surface area contributed by atoms with Crippen molar-refractivity contribution in [3.8, 4) is 11.5 Å². The van der Waals surface area contributed by atoms with Crippen molar-refractivity contribution in [2.75, 3.05) is 0 Å². The Hall–Kier alpha value is -2.64. The standard InChI is InChI=1S/C11H9F2N3O3/c12-10(13)19-8-2-1-5(4-7(8)17)3-6-9(18)16-11(14)15-6/h1-4,10,17H,(H3,14,15,16,18)/b6-3-. The number of benzene rings is 1. The Morgan fingerprint density at radius 2 is 2.21 bits per heavy atom. The molecule has 1 aliphatic rings. The molecular weight excluding hydrogens is 260 g/mol. The number of nitrogens with one attached hydrogen (secondary N) is 1. The molecule has 1 amide bonds. The van der Waals surface area contributed by atoms with Gasteiger partial charge in [0.15, 0.2) is 11.5 Å². The number of halogens is 2. The summed E-state index contributed by atoms with van der Waals surface area (Å²) in [7, 11) is 0. The van der Waals surface area contributed by atoms with E-state index in [0.717, 1.165) is 6.07 Å². The zero-order valence-electron chi connectivity index (χ0n) is 9.43. The zero-order chi connectivity index (χ0) is 14.0. The van der Waals surface area contributed by atoms with E-state index >= 15 is 0 Å². The predicted molar refractivity (Wildman–Crippen MR) is 62.5 cm³/mol. The van der Waals surface area contributed by atoms with Gasteiger partial charge in [0.25, 0.3) is 5.91 Å². The molecule has 8 heteroatoms. The van der Waals surface area contributed by atoms with Crippen LogP contribution in [0, 0.1) is 0 Å². The van der Waals surface area contributed by atoms with Crippen LogP contribution in [0.15, 0.2) is 28.9 Å². The van der Waals surface area contributed by atoms with Crippen LogP contribution in [-0.4, -0.2) is 23.6 Å². The highest BCUT2D eigenvalue weighted by Gasteiger charge is 2.17. The highest BCUT2D eigenvalue weighted by molar-refractivity contribution is 6.13. The van der Waals surface area contributed by atoms with Crippen LogP contribution in [-0.2, 0) is 4.79 Å². The highest BCUT2D eigenvalue weighted by Crippen LogP contribution is 2.29. The molecule has 100 valence electrons. The van der Waals surface area contributed by atoms with Gasteiger partial charge >= 0.3 is 6.61 Å². The topological polar surface area (TPSA) is 96.9 Å². The number of guanidine groups is 1. The Morgan fingerprint density at radius 3 is 2.74 bits per heavy atom. The molecule has 0 atom stereocenters. The number of carbonyl (C=O) groups excluding carboxylic acids is 1. The molecule has 1 aliphatic heterocycles. The lowest BCUT2D eigenvalue weighted by Gasteiger charge is -2.06. The minimum Gasteiger partial charge on any atom is -0.504 e. The molecule has 0 spiro atoms. The summed E-state index contributed by atoms with van der Waals surface area (Å²) < 4.78 is 28.1. The molecule has 0 aromatic heterocycles. The lowest BCUT2D eigenvalue weighted by atomic mass is 10.1.